The predicted octanol–water partition coefficient (Wildman–Crippen LogP) is 5.81. The first-order valence-electron chi connectivity index (χ1n) is 12.4. The zero-order valence-electron chi connectivity index (χ0n) is 19.8. The molecule has 0 saturated heterocycles. The summed E-state index contributed by atoms with van der Waals surface area (Å²) in [5.41, 5.74) is 5.49. The van der Waals surface area contributed by atoms with Crippen molar-refractivity contribution < 1.29 is 14.3 Å². The average Bonchev–Trinajstić information content (AvgIpc) is 2.75. The molecule has 0 fully saturated rings. The molecule has 0 heterocycles. The molecule has 0 aliphatic heterocycles. The van der Waals surface area contributed by atoms with Crippen LogP contribution in [0.3, 0.4) is 0 Å². The first-order chi connectivity index (χ1) is 14.7. The Bertz CT molecular complexity index is 438. The molecule has 0 saturated carbocycles. The van der Waals surface area contributed by atoms with E-state index in [2.05, 4.69) is 24.4 Å². The molecule has 0 bridgehead atoms. The topological polar surface area (TPSA) is 81.4 Å². The number of allylic oxidation sites excluding steroid dienone is 2. The maximum absolute atomic E-state index is 12.1. The van der Waals surface area contributed by atoms with Gasteiger partial charge in [-0.05, 0) is 57.9 Å². The van der Waals surface area contributed by atoms with E-state index in [-0.39, 0.29) is 11.9 Å². The van der Waals surface area contributed by atoms with E-state index in [1.165, 1.54) is 71.3 Å². The normalized spacial score (nSPS) is 12.2. The van der Waals surface area contributed by atoms with Crippen LogP contribution in [0.15, 0.2) is 12.2 Å². The summed E-state index contributed by atoms with van der Waals surface area (Å²) in [5, 5.41) is 2.81. The molecular formula is C25H48N2O3. The van der Waals surface area contributed by atoms with Gasteiger partial charge in [-0.2, -0.15) is 0 Å². The van der Waals surface area contributed by atoms with E-state index in [9.17, 15) is 9.59 Å². The smallest absolute Gasteiger partial charge is 0.328 e. The maximum atomic E-state index is 12.1. The molecule has 0 rings (SSSR count). The predicted molar refractivity (Wildman–Crippen MR) is 126 cm³/mol. The van der Waals surface area contributed by atoms with E-state index in [4.69, 9.17) is 10.5 Å². The molecule has 1 atom stereocenters. The van der Waals surface area contributed by atoms with E-state index in [0.717, 1.165) is 32.1 Å². The van der Waals surface area contributed by atoms with Gasteiger partial charge in [0.15, 0.2) is 0 Å². The Kier molecular flexibility index (Phi) is 21.3. The second kappa shape index (κ2) is 22.3. The molecule has 0 aliphatic rings. The first kappa shape index (κ1) is 28.6. The lowest BCUT2D eigenvalue weighted by Crippen LogP contribution is -2.41. The van der Waals surface area contributed by atoms with Crippen LogP contribution in [-0.4, -0.2) is 31.6 Å². The van der Waals surface area contributed by atoms with Crippen molar-refractivity contribution >= 4 is 11.9 Å². The van der Waals surface area contributed by atoms with Crippen LogP contribution < -0.4 is 11.1 Å². The lowest BCUT2D eigenvalue weighted by atomic mass is 10.1. The van der Waals surface area contributed by atoms with Gasteiger partial charge in [0.05, 0.1) is 7.11 Å². The molecular weight excluding hydrogens is 376 g/mol. The minimum atomic E-state index is -0.544. The Labute approximate surface area is 185 Å². The van der Waals surface area contributed by atoms with E-state index in [1.807, 2.05) is 0 Å². The van der Waals surface area contributed by atoms with E-state index in [0.29, 0.717) is 19.4 Å². The highest BCUT2D eigenvalue weighted by atomic mass is 16.5. The van der Waals surface area contributed by atoms with Crippen LogP contribution in [0, 0.1) is 0 Å². The van der Waals surface area contributed by atoms with Crippen LogP contribution >= 0.6 is 0 Å². The summed E-state index contributed by atoms with van der Waals surface area (Å²) in [6.07, 6.45) is 23.5. The van der Waals surface area contributed by atoms with Gasteiger partial charge in [-0.1, -0.05) is 70.4 Å². The molecule has 30 heavy (non-hydrogen) atoms. The third-order valence-electron chi connectivity index (χ3n) is 5.43. The largest absolute Gasteiger partial charge is 0.467 e. The standard InChI is InChI=1S/C25H48N2O3/c1-3-4-5-6-7-8-9-10-11-12-13-14-15-16-17-21-24(28)27-23(25(29)30-2)20-18-19-22-26/h10-11,23H,3-9,12-22,26H2,1-2H3,(H,27,28)/t23-/m0/s1. The maximum Gasteiger partial charge on any atom is 0.328 e. The van der Waals surface area contributed by atoms with E-state index in [1.54, 1.807) is 0 Å². The number of nitrogens with one attached hydrogen (secondary N) is 1. The molecule has 1 amide bonds. The van der Waals surface area contributed by atoms with Crippen molar-refractivity contribution in [1.82, 2.24) is 5.32 Å². The van der Waals surface area contributed by atoms with Gasteiger partial charge in [-0.25, -0.2) is 4.79 Å². The van der Waals surface area contributed by atoms with Crippen molar-refractivity contribution in [1.29, 1.82) is 0 Å². The Balaban J connectivity index is 3.60. The number of methoxy groups -OCH3 is 1. The van der Waals surface area contributed by atoms with Crippen LogP contribution in [0.4, 0.5) is 0 Å². The number of nitrogens with two attached hydrogens (primary N) is 1. The molecule has 176 valence electrons. The van der Waals surface area contributed by atoms with Crippen LogP contribution in [0.2, 0.25) is 0 Å². The summed E-state index contributed by atoms with van der Waals surface area (Å²) in [4.78, 5) is 23.9. The van der Waals surface area contributed by atoms with Crippen molar-refractivity contribution in [2.45, 2.75) is 122 Å². The monoisotopic (exact) mass is 424 g/mol. The van der Waals surface area contributed by atoms with Gasteiger partial charge in [0.25, 0.3) is 0 Å². The third kappa shape index (κ3) is 18.7. The van der Waals surface area contributed by atoms with Crippen molar-refractivity contribution in [2.75, 3.05) is 13.7 Å². The highest BCUT2D eigenvalue weighted by Gasteiger charge is 2.20. The van der Waals surface area contributed by atoms with Crippen LogP contribution in [0.25, 0.3) is 0 Å². The quantitative estimate of drug-likeness (QED) is 0.138. The average molecular weight is 425 g/mol. The first-order valence-corrected chi connectivity index (χ1v) is 12.4. The van der Waals surface area contributed by atoms with Crippen molar-refractivity contribution in [2.24, 2.45) is 5.73 Å². The number of hydrogen-bond acceptors (Lipinski definition) is 4. The summed E-state index contributed by atoms with van der Waals surface area (Å²) >= 11 is 0. The fourth-order valence-electron chi connectivity index (χ4n) is 3.51. The molecule has 3 N–H and O–H groups in total. The van der Waals surface area contributed by atoms with Gasteiger partial charge in [0.1, 0.15) is 6.04 Å². The second-order valence-corrected chi connectivity index (χ2v) is 8.26. The zero-order valence-corrected chi connectivity index (χ0v) is 19.8. The summed E-state index contributed by atoms with van der Waals surface area (Å²) in [7, 11) is 1.36. The fourth-order valence-corrected chi connectivity index (χ4v) is 3.51. The van der Waals surface area contributed by atoms with Gasteiger partial charge < -0.3 is 15.8 Å². The number of carbonyl (C=O) groups is 2. The molecule has 0 radical (unpaired) electrons. The molecule has 0 aromatic heterocycles. The third-order valence-corrected chi connectivity index (χ3v) is 5.43. The number of carbonyl (C=O) groups excluding carboxylic acids is 2. The summed E-state index contributed by atoms with van der Waals surface area (Å²) in [6, 6.07) is -0.544. The number of hydrogen-bond donors (Lipinski definition) is 2. The van der Waals surface area contributed by atoms with Crippen molar-refractivity contribution in [3.8, 4) is 0 Å². The molecule has 0 unspecified atom stereocenters. The number of rotatable bonds is 21. The Morgan fingerprint density at radius 3 is 1.97 bits per heavy atom. The highest BCUT2D eigenvalue weighted by molar-refractivity contribution is 5.84. The van der Waals surface area contributed by atoms with Gasteiger partial charge in [-0.3, -0.25) is 4.79 Å². The van der Waals surface area contributed by atoms with E-state index < -0.39 is 6.04 Å². The Morgan fingerprint density at radius 2 is 1.40 bits per heavy atom. The fraction of sp³-hybridized carbons (Fsp3) is 0.840. The number of ether oxygens (including phenoxy) is 1. The second-order valence-electron chi connectivity index (χ2n) is 8.26. The summed E-state index contributed by atoms with van der Waals surface area (Å²) in [6.45, 7) is 2.85. The van der Waals surface area contributed by atoms with Crippen molar-refractivity contribution in [3.05, 3.63) is 12.2 Å². The van der Waals surface area contributed by atoms with Crippen LogP contribution in [0.5, 0.6) is 0 Å². The summed E-state index contributed by atoms with van der Waals surface area (Å²) < 4.78 is 4.78. The number of esters is 1. The molecule has 5 nitrogen and oxygen atoms in total. The van der Waals surface area contributed by atoms with Crippen molar-refractivity contribution in [3.63, 3.8) is 0 Å². The highest BCUT2D eigenvalue weighted by Crippen LogP contribution is 2.10. The van der Waals surface area contributed by atoms with Gasteiger partial charge in [0.2, 0.25) is 5.91 Å². The SMILES string of the molecule is CCCCCCCCC=CCCCCCCCC(=O)N[C@@H](CCCCN)C(=O)OC. The van der Waals surface area contributed by atoms with Crippen LogP contribution in [0.1, 0.15) is 116 Å². The van der Waals surface area contributed by atoms with Crippen LogP contribution in [-0.2, 0) is 14.3 Å². The Morgan fingerprint density at radius 1 is 0.833 bits per heavy atom. The van der Waals surface area contributed by atoms with Gasteiger partial charge >= 0.3 is 5.97 Å². The minimum Gasteiger partial charge on any atom is -0.467 e. The lowest BCUT2D eigenvalue weighted by molar-refractivity contribution is -0.145. The van der Waals surface area contributed by atoms with Gasteiger partial charge in [-0.15, -0.1) is 0 Å². The number of unbranched alkanes of at least 4 members (excludes halogenated alkanes) is 12. The zero-order chi connectivity index (χ0) is 22.3. The van der Waals surface area contributed by atoms with E-state index >= 15 is 0 Å². The molecule has 0 aromatic rings. The van der Waals surface area contributed by atoms with Gasteiger partial charge in [0, 0.05) is 6.42 Å². The minimum absolute atomic E-state index is 0.0595. The molecule has 5 heteroatoms. The molecule has 0 spiro atoms. The molecule has 0 aliphatic carbocycles. The summed E-state index contributed by atoms with van der Waals surface area (Å²) in [5.74, 6) is -0.430. The lowest BCUT2D eigenvalue weighted by Gasteiger charge is -2.16. The Hall–Kier alpha value is -1.36. The molecule has 0 aromatic carbocycles. The number of amides is 1.